The van der Waals surface area contributed by atoms with E-state index in [0.29, 0.717) is 17.2 Å². The molecule has 0 aliphatic heterocycles. The highest BCUT2D eigenvalue weighted by molar-refractivity contribution is 9.09. The largest absolute Gasteiger partial charge is 0.355 e. The van der Waals surface area contributed by atoms with Crippen LogP contribution in [0.3, 0.4) is 0 Å². The lowest BCUT2D eigenvalue weighted by Gasteiger charge is -2.19. The van der Waals surface area contributed by atoms with Crippen molar-refractivity contribution in [3.05, 3.63) is 35.4 Å². The van der Waals surface area contributed by atoms with E-state index in [0.717, 1.165) is 25.8 Å². The number of alkyl halides is 1. The van der Waals surface area contributed by atoms with Crippen LogP contribution in [0.1, 0.15) is 44.2 Å². The highest BCUT2D eigenvalue weighted by atomic mass is 79.9. The Bertz CT molecular complexity index is 398. The minimum Gasteiger partial charge on any atom is -0.355 e. The Kier molecular flexibility index (Phi) is 7.90. The van der Waals surface area contributed by atoms with Crippen LogP contribution in [0, 0.1) is 12.8 Å². The van der Waals surface area contributed by atoms with E-state index in [1.54, 1.807) is 0 Å². The van der Waals surface area contributed by atoms with Crippen molar-refractivity contribution < 1.29 is 4.79 Å². The molecular weight excluding hydrogens is 314 g/mol. The minimum absolute atomic E-state index is 0.140. The Morgan fingerprint density at radius 1 is 1.20 bits per heavy atom. The van der Waals surface area contributed by atoms with Gasteiger partial charge in [0.2, 0.25) is 5.91 Å². The van der Waals surface area contributed by atoms with Gasteiger partial charge in [-0.1, -0.05) is 72.4 Å². The summed E-state index contributed by atoms with van der Waals surface area (Å²) in [6.07, 6.45) is 3.66. The SMILES string of the molecule is CCC(CC)C(Br)CNC(=O)CCc1ccc(C)cc1. The van der Waals surface area contributed by atoms with Gasteiger partial charge in [0, 0.05) is 17.8 Å². The van der Waals surface area contributed by atoms with Crippen LogP contribution in [-0.2, 0) is 11.2 Å². The summed E-state index contributed by atoms with van der Waals surface area (Å²) in [6, 6.07) is 8.38. The lowest BCUT2D eigenvalue weighted by atomic mass is 9.99. The molecule has 3 heteroatoms. The summed E-state index contributed by atoms with van der Waals surface area (Å²) in [7, 11) is 0. The molecule has 1 N–H and O–H groups in total. The smallest absolute Gasteiger partial charge is 0.220 e. The van der Waals surface area contributed by atoms with Crippen LogP contribution in [0.4, 0.5) is 0 Å². The van der Waals surface area contributed by atoms with Crippen molar-refractivity contribution >= 4 is 21.8 Å². The molecular formula is C17H26BrNO. The number of hydrogen-bond acceptors (Lipinski definition) is 1. The first-order valence-electron chi connectivity index (χ1n) is 7.53. The quantitative estimate of drug-likeness (QED) is 0.705. The van der Waals surface area contributed by atoms with Crippen LogP contribution in [0.25, 0.3) is 0 Å². The third kappa shape index (κ3) is 6.08. The first-order chi connectivity index (χ1) is 9.56. The minimum atomic E-state index is 0.140. The lowest BCUT2D eigenvalue weighted by molar-refractivity contribution is -0.121. The van der Waals surface area contributed by atoms with Crippen molar-refractivity contribution in [3.63, 3.8) is 0 Å². The van der Waals surface area contributed by atoms with Crippen LogP contribution in [-0.4, -0.2) is 17.3 Å². The lowest BCUT2D eigenvalue weighted by Crippen LogP contribution is -2.33. The summed E-state index contributed by atoms with van der Waals surface area (Å²) in [6.45, 7) is 7.19. The molecule has 20 heavy (non-hydrogen) atoms. The second kappa shape index (κ2) is 9.17. The molecule has 0 heterocycles. The molecule has 0 saturated heterocycles. The number of benzene rings is 1. The van der Waals surface area contributed by atoms with Gasteiger partial charge in [0.15, 0.2) is 0 Å². The predicted molar refractivity (Wildman–Crippen MR) is 89.3 cm³/mol. The van der Waals surface area contributed by atoms with Crippen molar-refractivity contribution in [3.8, 4) is 0 Å². The maximum absolute atomic E-state index is 11.9. The zero-order valence-electron chi connectivity index (χ0n) is 12.8. The molecule has 0 spiro atoms. The van der Waals surface area contributed by atoms with Gasteiger partial charge in [-0.3, -0.25) is 4.79 Å². The van der Waals surface area contributed by atoms with Crippen molar-refractivity contribution in [2.75, 3.05) is 6.54 Å². The van der Waals surface area contributed by atoms with Crippen LogP contribution >= 0.6 is 15.9 Å². The monoisotopic (exact) mass is 339 g/mol. The van der Waals surface area contributed by atoms with Crippen LogP contribution in [0.2, 0.25) is 0 Å². The van der Waals surface area contributed by atoms with Crippen LogP contribution < -0.4 is 5.32 Å². The molecule has 112 valence electrons. The molecule has 1 rings (SSSR count). The molecule has 0 radical (unpaired) electrons. The van der Waals surface area contributed by atoms with Gasteiger partial charge in [-0.05, 0) is 24.8 Å². The van der Waals surface area contributed by atoms with Crippen molar-refractivity contribution in [1.29, 1.82) is 0 Å². The van der Waals surface area contributed by atoms with Crippen molar-refractivity contribution in [1.82, 2.24) is 5.32 Å². The summed E-state index contributed by atoms with van der Waals surface area (Å²) in [5.41, 5.74) is 2.48. The second-order valence-electron chi connectivity index (χ2n) is 5.38. The highest BCUT2D eigenvalue weighted by Gasteiger charge is 2.15. The number of amides is 1. The first kappa shape index (κ1) is 17.2. The molecule has 0 aliphatic rings. The molecule has 0 saturated carbocycles. The fourth-order valence-corrected chi connectivity index (χ4v) is 3.19. The van der Waals surface area contributed by atoms with Gasteiger partial charge in [0.25, 0.3) is 0 Å². The van der Waals surface area contributed by atoms with Crippen molar-refractivity contribution in [2.45, 2.75) is 51.3 Å². The number of carbonyl (C=O) groups excluding carboxylic acids is 1. The van der Waals surface area contributed by atoms with Crippen LogP contribution in [0.15, 0.2) is 24.3 Å². The van der Waals surface area contributed by atoms with Crippen LogP contribution in [0.5, 0.6) is 0 Å². The summed E-state index contributed by atoms with van der Waals surface area (Å²) in [5, 5.41) is 3.03. The van der Waals surface area contributed by atoms with E-state index in [-0.39, 0.29) is 5.91 Å². The molecule has 1 atom stereocenters. The summed E-state index contributed by atoms with van der Waals surface area (Å²) in [4.78, 5) is 12.2. The molecule has 1 aromatic rings. The van der Waals surface area contributed by atoms with E-state index >= 15 is 0 Å². The van der Waals surface area contributed by atoms with Gasteiger partial charge in [0.05, 0.1) is 0 Å². The Morgan fingerprint density at radius 3 is 2.35 bits per heavy atom. The Labute approximate surface area is 131 Å². The number of rotatable bonds is 8. The number of hydrogen-bond donors (Lipinski definition) is 1. The molecule has 2 nitrogen and oxygen atoms in total. The van der Waals surface area contributed by atoms with E-state index in [1.165, 1.54) is 11.1 Å². The number of nitrogens with one attached hydrogen (secondary N) is 1. The van der Waals surface area contributed by atoms with Gasteiger partial charge >= 0.3 is 0 Å². The van der Waals surface area contributed by atoms with E-state index in [9.17, 15) is 4.79 Å². The third-order valence-corrected chi connectivity index (χ3v) is 4.89. The normalized spacial score (nSPS) is 12.4. The maximum atomic E-state index is 11.9. The Balaban J connectivity index is 2.28. The molecule has 0 fully saturated rings. The average Bonchev–Trinajstić information content (AvgIpc) is 2.45. The predicted octanol–water partition coefficient (Wildman–Crippen LogP) is 4.24. The molecule has 1 unspecified atom stereocenters. The fourth-order valence-electron chi connectivity index (χ4n) is 2.28. The summed E-state index contributed by atoms with van der Waals surface area (Å²) < 4.78 is 0. The van der Waals surface area contributed by atoms with E-state index in [4.69, 9.17) is 0 Å². The van der Waals surface area contributed by atoms with Crippen molar-refractivity contribution in [2.24, 2.45) is 5.92 Å². The van der Waals surface area contributed by atoms with Gasteiger partial charge in [-0.2, -0.15) is 0 Å². The van der Waals surface area contributed by atoms with E-state index < -0.39 is 0 Å². The Morgan fingerprint density at radius 2 is 1.80 bits per heavy atom. The summed E-state index contributed by atoms with van der Waals surface area (Å²) in [5.74, 6) is 0.772. The number of carbonyl (C=O) groups is 1. The van der Waals surface area contributed by atoms with Gasteiger partial charge in [-0.15, -0.1) is 0 Å². The van der Waals surface area contributed by atoms with Gasteiger partial charge < -0.3 is 5.32 Å². The molecule has 0 bridgehead atoms. The molecule has 0 aromatic heterocycles. The standard InChI is InChI=1S/C17H26BrNO/c1-4-15(5-2)16(18)12-19-17(20)11-10-14-8-6-13(3)7-9-14/h6-9,15-16H,4-5,10-12H2,1-3H3,(H,19,20). The topological polar surface area (TPSA) is 29.1 Å². The van der Waals surface area contributed by atoms with Gasteiger partial charge in [-0.25, -0.2) is 0 Å². The molecule has 1 aromatic carbocycles. The molecule has 1 amide bonds. The zero-order valence-corrected chi connectivity index (χ0v) is 14.4. The number of halogens is 1. The zero-order chi connectivity index (χ0) is 15.0. The van der Waals surface area contributed by atoms with E-state index in [2.05, 4.69) is 66.3 Å². The average molecular weight is 340 g/mol. The first-order valence-corrected chi connectivity index (χ1v) is 8.44. The summed E-state index contributed by atoms with van der Waals surface area (Å²) >= 11 is 3.68. The highest BCUT2D eigenvalue weighted by Crippen LogP contribution is 2.19. The number of aryl methyl sites for hydroxylation is 2. The third-order valence-electron chi connectivity index (χ3n) is 3.82. The molecule has 0 aliphatic carbocycles. The fraction of sp³-hybridized carbons (Fsp3) is 0.588. The second-order valence-corrected chi connectivity index (χ2v) is 6.56. The van der Waals surface area contributed by atoms with Gasteiger partial charge in [0.1, 0.15) is 0 Å². The maximum Gasteiger partial charge on any atom is 0.220 e. The Hall–Kier alpha value is -0.830. The van der Waals surface area contributed by atoms with E-state index in [1.807, 2.05) is 0 Å².